The molecular formula is C31H28Cl2O2Pt. The van der Waals surface area contributed by atoms with E-state index in [1.807, 2.05) is 54.6 Å². The minimum atomic E-state index is -0.472. The monoisotopic (exact) mass is 697 g/mol. The van der Waals surface area contributed by atoms with Crippen LogP contribution in [-0.4, -0.2) is 14.2 Å². The fraction of sp³-hybridized carbons (Fsp3) is 0.0968. The molecule has 2 nitrogen and oxygen atoms in total. The number of ether oxygens (including phenoxy) is 2. The Labute approximate surface area is 230 Å². The molecule has 0 spiro atoms. The van der Waals surface area contributed by atoms with E-state index in [9.17, 15) is 0 Å². The number of rotatable bonds is 3. The second-order valence-electron chi connectivity index (χ2n) is 7.34. The van der Waals surface area contributed by atoms with Gasteiger partial charge in [-0.1, -0.05) is 86.1 Å². The van der Waals surface area contributed by atoms with Gasteiger partial charge in [-0.05, 0) is 63.0 Å². The van der Waals surface area contributed by atoms with Gasteiger partial charge in [-0.25, -0.2) is 0 Å². The van der Waals surface area contributed by atoms with Crippen molar-refractivity contribution in [2.75, 3.05) is 14.2 Å². The quantitative estimate of drug-likeness (QED) is 0.138. The number of terminal acetylenes is 1. The SMILES string of the molecule is C.C#Cc1ccccc1-c1ccc(OC)cc1.COc1ccc2c(ccc3ccccc32)c1.[Cl][Pt][Cl]. The van der Waals surface area contributed by atoms with Crippen molar-refractivity contribution in [2.24, 2.45) is 0 Å². The molecular weight excluding hydrogens is 670 g/mol. The summed E-state index contributed by atoms with van der Waals surface area (Å²) in [5.41, 5.74) is 3.09. The topological polar surface area (TPSA) is 18.5 Å². The molecule has 0 fully saturated rings. The molecule has 5 heteroatoms. The van der Waals surface area contributed by atoms with E-state index < -0.39 is 16.5 Å². The molecule has 0 saturated heterocycles. The fourth-order valence-corrected chi connectivity index (χ4v) is 3.75. The van der Waals surface area contributed by atoms with Gasteiger partial charge in [0.15, 0.2) is 0 Å². The zero-order valence-electron chi connectivity index (χ0n) is 19.3. The summed E-state index contributed by atoms with van der Waals surface area (Å²) in [5.74, 6) is 4.45. The average molecular weight is 699 g/mol. The molecule has 0 amide bonds. The Kier molecular flexibility index (Phi) is 12.4. The van der Waals surface area contributed by atoms with Gasteiger partial charge in [-0.3, -0.25) is 0 Å². The first kappa shape index (κ1) is 29.3. The molecule has 188 valence electrons. The Morgan fingerprint density at radius 1 is 0.667 bits per heavy atom. The summed E-state index contributed by atoms with van der Waals surface area (Å²) in [6, 6.07) is 34.7. The fourth-order valence-electron chi connectivity index (χ4n) is 3.75. The van der Waals surface area contributed by atoms with Gasteiger partial charge in [-0.15, -0.1) is 6.42 Å². The van der Waals surface area contributed by atoms with Crippen LogP contribution in [-0.2, 0) is 16.5 Å². The van der Waals surface area contributed by atoms with Crippen molar-refractivity contribution in [3.05, 3.63) is 109 Å². The van der Waals surface area contributed by atoms with Crippen LogP contribution in [0.1, 0.15) is 13.0 Å². The first-order valence-electron chi connectivity index (χ1n) is 10.6. The summed E-state index contributed by atoms with van der Waals surface area (Å²) in [4.78, 5) is 0. The van der Waals surface area contributed by atoms with Gasteiger partial charge in [0.2, 0.25) is 0 Å². The van der Waals surface area contributed by atoms with Crippen molar-refractivity contribution in [1.82, 2.24) is 0 Å². The zero-order valence-corrected chi connectivity index (χ0v) is 23.1. The van der Waals surface area contributed by atoms with Gasteiger partial charge in [0.05, 0.1) is 14.2 Å². The van der Waals surface area contributed by atoms with Crippen molar-refractivity contribution in [1.29, 1.82) is 0 Å². The van der Waals surface area contributed by atoms with Crippen molar-refractivity contribution in [2.45, 2.75) is 7.43 Å². The molecule has 0 aliphatic rings. The molecule has 0 N–H and O–H groups in total. The molecule has 0 aromatic heterocycles. The predicted octanol–water partition coefficient (Wildman–Crippen LogP) is 9.36. The Hall–Kier alpha value is -2.95. The van der Waals surface area contributed by atoms with Gasteiger partial charge >= 0.3 is 35.3 Å². The van der Waals surface area contributed by atoms with Crippen LogP contribution in [0.15, 0.2) is 103 Å². The van der Waals surface area contributed by atoms with Crippen molar-refractivity contribution >= 4 is 40.4 Å². The summed E-state index contributed by atoms with van der Waals surface area (Å²) in [5, 5.41) is 5.07. The first-order chi connectivity index (χ1) is 17.1. The summed E-state index contributed by atoms with van der Waals surface area (Å²) in [6.07, 6.45) is 5.47. The maximum absolute atomic E-state index is 5.47. The van der Waals surface area contributed by atoms with Crippen LogP contribution in [0, 0.1) is 12.3 Å². The Morgan fingerprint density at radius 2 is 1.22 bits per heavy atom. The Bertz CT molecular complexity index is 1430. The number of hydrogen-bond acceptors (Lipinski definition) is 2. The van der Waals surface area contributed by atoms with Gasteiger partial charge in [-0.2, -0.15) is 0 Å². The molecule has 0 radical (unpaired) electrons. The molecule has 0 unspecified atom stereocenters. The number of methoxy groups -OCH3 is 2. The van der Waals surface area contributed by atoms with E-state index in [0.717, 1.165) is 28.2 Å². The number of hydrogen-bond donors (Lipinski definition) is 0. The summed E-state index contributed by atoms with van der Waals surface area (Å²) in [6.45, 7) is 0. The normalized spacial score (nSPS) is 9.64. The summed E-state index contributed by atoms with van der Waals surface area (Å²) in [7, 11) is 13.1. The van der Waals surface area contributed by atoms with E-state index in [0.29, 0.717) is 0 Å². The molecule has 0 bridgehead atoms. The first-order valence-corrected chi connectivity index (χ1v) is 16.3. The third kappa shape index (κ3) is 7.52. The van der Waals surface area contributed by atoms with Crippen LogP contribution in [0.3, 0.4) is 0 Å². The van der Waals surface area contributed by atoms with E-state index >= 15 is 0 Å². The van der Waals surface area contributed by atoms with Crippen LogP contribution in [0.5, 0.6) is 11.5 Å². The second kappa shape index (κ2) is 15.2. The van der Waals surface area contributed by atoms with E-state index in [1.54, 1.807) is 14.2 Å². The Balaban J connectivity index is 0.000000223. The Morgan fingerprint density at radius 3 is 1.89 bits per heavy atom. The van der Waals surface area contributed by atoms with Gasteiger partial charge in [0.1, 0.15) is 11.5 Å². The minimum absolute atomic E-state index is 0. The number of benzene rings is 5. The molecule has 5 aromatic carbocycles. The summed E-state index contributed by atoms with van der Waals surface area (Å²) >= 11 is -0.472. The molecule has 0 heterocycles. The van der Waals surface area contributed by atoms with Crippen LogP contribution < -0.4 is 9.47 Å². The van der Waals surface area contributed by atoms with Crippen LogP contribution in [0.2, 0.25) is 0 Å². The standard InChI is InChI=1S/2C15H12O.CH4.2ClH.Pt/c1-16-13-8-9-15-12(10-13)7-6-11-4-2-3-5-14(11)15;1-3-12-6-4-5-7-15(12)13-8-10-14(16-2)11-9-13;;;;/h2-10H,1H3;1,4-11H,2H3;1H4;2*1H;/q;;;;;+2/p-2. The average Bonchev–Trinajstić information content (AvgIpc) is 2.93. The van der Waals surface area contributed by atoms with E-state index in [-0.39, 0.29) is 7.43 Å². The molecule has 0 saturated carbocycles. The molecule has 36 heavy (non-hydrogen) atoms. The molecule has 0 aliphatic carbocycles. The van der Waals surface area contributed by atoms with E-state index in [4.69, 9.17) is 34.7 Å². The predicted molar refractivity (Wildman–Crippen MR) is 153 cm³/mol. The zero-order chi connectivity index (χ0) is 25.0. The molecule has 0 atom stereocenters. The van der Waals surface area contributed by atoms with Crippen molar-refractivity contribution < 1.29 is 26.0 Å². The molecule has 0 aliphatic heterocycles. The van der Waals surface area contributed by atoms with Crippen LogP contribution >= 0.6 is 18.8 Å². The third-order valence-corrected chi connectivity index (χ3v) is 5.44. The third-order valence-electron chi connectivity index (χ3n) is 5.44. The van der Waals surface area contributed by atoms with E-state index in [1.165, 1.54) is 21.5 Å². The maximum atomic E-state index is 5.47. The summed E-state index contributed by atoms with van der Waals surface area (Å²) < 4.78 is 10.4. The van der Waals surface area contributed by atoms with Gasteiger partial charge < -0.3 is 9.47 Å². The van der Waals surface area contributed by atoms with Gasteiger partial charge in [0.25, 0.3) is 0 Å². The van der Waals surface area contributed by atoms with Gasteiger partial charge in [0, 0.05) is 5.56 Å². The van der Waals surface area contributed by atoms with Crippen LogP contribution in [0.4, 0.5) is 0 Å². The number of halogens is 2. The number of fused-ring (bicyclic) bond motifs is 3. The second-order valence-corrected chi connectivity index (χ2v) is 10.6. The van der Waals surface area contributed by atoms with Crippen LogP contribution in [0.25, 0.3) is 32.7 Å². The van der Waals surface area contributed by atoms with Crippen molar-refractivity contribution in [3.63, 3.8) is 0 Å². The van der Waals surface area contributed by atoms with Crippen molar-refractivity contribution in [3.8, 4) is 35.0 Å². The molecule has 5 aromatic rings. The van der Waals surface area contributed by atoms with E-state index in [2.05, 4.69) is 54.5 Å². The molecule has 5 rings (SSSR count).